The van der Waals surface area contributed by atoms with E-state index in [4.69, 9.17) is 4.74 Å². The molecule has 5 rings (SSSR count). The zero-order valence-corrected chi connectivity index (χ0v) is 19.9. The van der Waals surface area contributed by atoms with Crippen molar-refractivity contribution in [3.05, 3.63) is 72.3 Å². The third kappa shape index (κ3) is 4.05. The first kappa shape index (κ1) is 22.7. The Labute approximate surface area is 204 Å². The normalized spacial score (nSPS) is 20.3. The highest BCUT2D eigenvalue weighted by molar-refractivity contribution is 6.09. The Bertz CT molecular complexity index is 1300. The van der Waals surface area contributed by atoms with Gasteiger partial charge in [-0.05, 0) is 41.5 Å². The number of carbonyl (C=O) groups is 3. The van der Waals surface area contributed by atoms with Crippen molar-refractivity contribution < 1.29 is 19.1 Å². The van der Waals surface area contributed by atoms with Crippen molar-refractivity contribution in [2.45, 2.75) is 12.5 Å². The van der Waals surface area contributed by atoms with Gasteiger partial charge in [0.25, 0.3) is 5.91 Å². The van der Waals surface area contributed by atoms with Crippen LogP contribution in [0, 0.1) is 0 Å². The number of nitrogens with one attached hydrogen (secondary N) is 1. The second-order valence-electron chi connectivity index (χ2n) is 9.05. The van der Waals surface area contributed by atoms with E-state index in [1.165, 1.54) is 0 Å². The van der Waals surface area contributed by atoms with Crippen LogP contribution in [0.25, 0.3) is 10.8 Å². The first-order valence-corrected chi connectivity index (χ1v) is 11.7. The van der Waals surface area contributed by atoms with E-state index in [-0.39, 0.29) is 12.5 Å². The lowest BCUT2D eigenvalue weighted by Gasteiger charge is -2.37. The van der Waals surface area contributed by atoms with Crippen molar-refractivity contribution in [1.82, 2.24) is 15.1 Å². The monoisotopic (exact) mass is 472 g/mol. The lowest BCUT2D eigenvalue weighted by Crippen LogP contribution is -2.52. The van der Waals surface area contributed by atoms with Gasteiger partial charge in [-0.15, -0.1) is 0 Å². The van der Waals surface area contributed by atoms with Crippen LogP contribution in [0.3, 0.4) is 0 Å². The van der Waals surface area contributed by atoms with Gasteiger partial charge in [0.1, 0.15) is 17.8 Å². The SMILES string of the molecule is COc1ccccc1N1CCN(C(=O)CN2C(=O)N[C@](C)(c3ccc4ccccc4c3)C2=O)CC1. The number of benzene rings is 3. The van der Waals surface area contributed by atoms with Gasteiger partial charge in [-0.3, -0.25) is 14.5 Å². The third-order valence-electron chi connectivity index (χ3n) is 6.95. The molecule has 3 aromatic rings. The number of hydrogen-bond acceptors (Lipinski definition) is 5. The van der Waals surface area contributed by atoms with Crippen LogP contribution in [-0.2, 0) is 15.1 Å². The van der Waals surface area contributed by atoms with Gasteiger partial charge in [-0.1, -0.05) is 48.5 Å². The van der Waals surface area contributed by atoms with E-state index in [2.05, 4.69) is 10.2 Å². The van der Waals surface area contributed by atoms with E-state index >= 15 is 0 Å². The third-order valence-corrected chi connectivity index (χ3v) is 6.95. The molecule has 35 heavy (non-hydrogen) atoms. The number of imide groups is 1. The Morgan fingerprint density at radius 1 is 0.943 bits per heavy atom. The number of rotatable bonds is 5. The maximum atomic E-state index is 13.3. The molecular formula is C27H28N4O4. The predicted octanol–water partition coefficient (Wildman–Crippen LogP) is 2.96. The summed E-state index contributed by atoms with van der Waals surface area (Å²) in [5, 5.41) is 4.84. The molecule has 0 radical (unpaired) electrons. The minimum Gasteiger partial charge on any atom is -0.495 e. The molecule has 1 atom stereocenters. The average molecular weight is 473 g/mol. The van der Waals surface area contributed by atoms with Crippen LogP contribution >= 0.6 is 0 Å². The lowest BCUT2D eigenvalue weighted by molar-refractivity contribution is -0.139. The Morgan fingerprint density at radius 2 is 1.63 bits per heavy atom. The Hall–Kier alpha value is -4.07. The molecule has 8 nitrogen and oxygen atoms in total. The van der Waals surface area contributed by atoms with E-state index < -0.39 is 17.5 Å². The molecule has 2 heterocycles. The van der Waals surface area contributed by atoms with Crippen LogP contribution in [0.4, 0.5) is 10.5 Å². The van der Waals surface area contributed by atoms with E-state index in [9.17, 15) is 14.4 Å². The molecule has 2 aliphatic rings. The van der Waals surface area contributed by atoms with Gasteiger partial charge in [0.15, 0.2) is 0 Å². The summed E-state index contributed by atoms with van der Waals surface area (Å²) in [6.07, 6.45) is 0. The quantitative estimate of drug-likeness (QED) is 0.578. The smallest absolute Gasteiger partial charge is 0.325 e. The van der Waals surface area contributed by atoms with Crippen LogP contribution in [0.1, 0.15) is 12.5 Å². The lowest BCUT2D eigenvalue weighted by atomic mass is 9.90. The number of carbonyl (C=O) groups excluding carboxylic acids is 3. The van der Waals surface area contributed by atoms with Crippen molar-refractivity contribution in [3.8, 4) is 5.75 Å². The van der Waals surface area contributed by atoms with Crippen LogP contribution in [0.15, 0.2) is 66.7 Å². The summed E-state index contributed by atoms with van der Waals surface area (Å²) in [5.74, 6) is 0.134. The number of nitrogens with zero attached hydrogens (tertiary/aromatic N) is 3. The summed E-state index contributed by atoms with van der Waals surface area (Å²) in [7, 11) is 1.64. The van der Waals surface area contributed by atoms with Crippen molar-refractivity contribution in [2.75, 3.05) is 44.7 Å². The molecular weight excluding hydrogens is 444 g/mol. The molecule has 0 bridgehead atoms. The number of amides is 4. The second kappa shape index (κ2) is 8.94. The summed E-state index contributed by atoms with van der Waals surface area (Å²) in [6.45, 7) is 3.70. The molecule has 0 aromatic heterocycles. The van der Waals surface area contributed by atoms with Gasteiger partial charge in [0, 0.05) is 26.2 Å². The molecule has 2 fully saturated rings. The van der Waals surface area contributed by atoms with Crippen LogP contribution in [0.2, 0.25) is 0 Å². The minimum atomic E-state index is -1.22. The highest BCUT2D eigenvalue weighted by Gasteiger charge is 2.49. The van der Waals surface area contributed by atoms with Crippen molar-refractivity contribution in [1.29, 1.82) is 0 Å². The maximum absolute atomic E-state index is 13.3. The Morgan fingerprint density at radius 3 is 2.37 bits per heavy atom. The fourth-order valence-corrected chi connectivity index (χ4v) is 4.86. The number of ether oxygens (including phenoxy) is 1. The molecule has 0 unspecified atom stereocenters. The number of hydrogen-bond donors (Lipinski definition) is 1. The van der Waals surface area contributed by atoms with Gasteiger partial charge >= 0.3 is 6.03 Å². The maximum Gasteiger partial charge on any atom is 0.325 e. The van der Waals surface area contributed by atoms with Gasteiger partial charge in [0.05, 0.1) is 12.8 Å². The largest absolute Gasteiger partial charge is 0.495 e. The average Bonchev–Trinajstić information content (AvgIpc) is 3.12. The summed E-state index contributed by atoms with van der Waals surface area (Å²) in [6, 6.07) is 20.8. The summed E-state index contributed by atoms with van der Waals surface area (Å²) >= 11 is 0. The highest BCUT2D eigenvalue weighted by atomic mass is 16.5. The van der Waals surface area contributed by atoms with Crippen LogP contribution in [-0.4, -0.2) is 67.5 Å². The molecule has 0 saturated carbocycles. The summed E-state index contributed by atoms with van der Waals surface area (Å²) in [4.78, 5) is 44.1. The number of methoxy groups -OCH3 is 1. The molecule has 3 aromatic carbocycles. The number of urea groups is 1. The fourth-order valence-electron chi connectivity index (χ4n) is 4.86. The van der Waals surface area contributed by atoms with E-state index in [0.29, 0.717) is 31.7 Å². The first-order chi connectivity index (χ1) is 16.9. The fraction of sp³-hybridized carbons (Fsp3) is 0.296. The van der Waals surface area contributed by atoms with Gasteiger partial charge in [-0.2, -0.15) is 0 Å². The van der Waals surface area contributed by atoms with Crippen LogP contribution < -0.4 is 15.0 Å². The zero-order chi connectivity index (χ0) is 24.6. The summed E-state index contributed by atoms with van der Waals surface area (Å²) < 4.78 is 5.45. The molecule has 8 heteroatoms. The number of fused-ring (bicyclic) bond motifs is 1. The summed E-state index contributed by atoms with van der Waals surface area (Å²) in [5.41, 5.74) is 0.460. The molecule has 2 aliphatic heterocycles. The molecule has 4 amide bonds. The van der Waals surface area contributed by atoms with Crippen LogP contribution in [0.5, 0.6) is 5.75 Å². The highest BCUT2D eigenvalue weighted by Crippen LogP contribution is 2.31. The molecule has 1 N–H and O–H groups in total. The molecule has 0 aliphatic carbocycles. The standard InChI is InChI=1S/C27H28N4O4/c1-27(21-12-11-19-7-3-4-8-20(19)17-21)25(33)31(26(34)28-27)18-24(32)30-15-13-29(14-16-30)22-9-5-6-10-23(22)35-2/h3-12,17H,13-16,18H2,1-2H3,(H,28,34)/t27-/m1/s1. The zero-order valence-electron chi connectivity index (χ0n) is 19.9. The Balaban J connectivity index is 1.26. The van der Waals surface area contributed by atoms with E-state index in [0.717, 1.165) is 27.1 Å². The van der Waals surface area contributed by atoms with Crippen molar-refractivity contribution >= 4 is 34.3 Å². The van der Waals surface area contributed by atoms with Gasteiger partial charge in [0.2, 0.25) is 5.91 Å². The molecule has 180 valence electrons. The van der Waals surface area contributed by atoms with E-state index in [1.54, 1.807) is 18.9 Å². The van der Waals surface area contributed by atoms with Gasteiger partial charge in [-0.25, -0.2) is 4.79 Å². The number of piperazine rings is 1. The molecule has 0 spiro atoms. The number of anilines is 1. The minimum absolute atomic E-state index is 0.240. The first-order valence-electron chi connectivity index (χ1n) is 11.7. The molecule has 2 saturated heterocycles. The Kier molecular flexibility index (Phi) is 5.80. The topological polar surface area (TPSA) is 82.2 Å². The van der Waals surface area contributed by atoms with Crippen molar-refractivity contribution in [3.63, 3.8) is 0 Å². The predicted molar refractivity (Wildman–Crippen MR) is 133 cm³/mol. The van der Waals surface area contributed by atoms with E-state index in [1.807, 2.05) is 66.7 Å². The van der Waals surface area contributed by atoms with Gasteiger partial charge < -0.3 is 19.9 Å². The van der Waals surface area contributed by atoms with Crippen molar-refractivity contribution in [2.24, 2.45) is 0 Å². The second-order valence-corrected chi connectivity index (χ2v) is 9.05. The number of para-hydroxylation sites is 2.